The standard InChI is InChI=1S/C13H16O5S/c1-5-18-13(15)10(14)8-6-7-9(19-4)12(17-3)11(8)16-2/h6-7H,5H2,1-4H3. The minimum Gasteiger partial charge on any atom is -0.492 e. The van der Waals surface area contributed by atoms with Crippen LogP contribution in [0.2, 0.25) is 0 Å². The molecule has 1 aromatic carbocycles. The molecule has 0 aliphatic carbocycles. The monoisotopic (exact) mass is 284 g/mol. The number of carbonyl (C=O) groups excluding carboxylic acids is 2. The summed E-state index contributed by atoms with van der Waals surface area (Å²) in [4.78, 5) is 24.3. The Hall–Kier alpha value is -1.69. The lowest BCUT2D eigenvalue weighted by Crippen LogP contribution is -2.18. The number of methoxy groups -OCH3 is 2. The van der Waals surface area contributed by atoms with Gasteiger partial charge in [-0.15, -0.1) is 11.8 Å². The maximum atomic E-state index is 12.0. The van der Waals surface area contributed by atoms with Crippen molar-refractivity contribution in [2.45, 2.75) is 11.8 Å². The quantitative estimate of drug-likeness (QED) is 0.345. The van der Waals surface area contributed by atoms with Crippen LogP contribution in [0.4, 0.5) is 0 Å². The fraction of sp³-hybridized carbons (Fsp3) is 0.385. The first-order chi connectivity index (χ1) is 9.10. The SMILES string of the molecule is CCOC(=O)C(=O)c1ccc(SC)c(OC)c1OC. The van der Waals surface area contributed by atoms with Gasteiger partial charge in [0.2, 0.25) is 0 Å². The van der Waals surface area contributed by atoms with E-state index >= 15 is 0 Å². The van der Waals surface area contributed by atoms with Crippen molar-refractivity contribution in [2.24, 2.45) is 0 Å². The third-order valence-corrected chi connectivity index (χ3v) is 3.17. The van der Waals surface area contributed by atoms with E-state index in [0.717, 1.165) is 4.90 Å². The van der Waals surface area contributed by atoms with Gasteiger partial charge in [0.15, 0.2) is 11.5 Å². The summed E-state index contributed by atoms with van der Waals surface area (Å²) in [7, 11) is 2.90. The molecule has 0 N–H and O–H groups in total. The number of esters is 1. The topological polar surface area (TPSA) is 61.8 Å². The molecule has 0 saturated carbocycles. The first kappa shape index (κ1) is 15.4. The maximum absolute atomic E-state index is 12.0. The van der Waals surface area contributed by atoms with Gasteiger partial charge in [-0.3, -0.25) is 4.79 Å². The van der Waals surface area contributed by atoms with Crippen LogP contribution in [0.5, 0.6) is 11.5 Å². The number of rotatable bonds is 6. The minimum atomic E-state index is -0.903. The molecule has 0 unspecified atom stereocenters. The van der Waals surface area contributed by atoms with Crippen molar-refractivity contribution in [1.82, 2.24) is 0 Å². The van der Waals surface area contributed by atoms with Crippen molar-refractivity contribution >= 4 is 23.5 Å². The van der Waals surface area contributed by atoms with E-state index in [9.17, 15) is 9.59 Å². The summed E-state index contributed by atoms with van der Waals surface area (Å²) in [5, 5.41) is 0. The van der Waals surface area contributed by atoms with Gasteiger partial charge in [0.25, 0.3) is 5.78 Å². The molecule has 0 amide bonds. The molecule has 0 radical (unpaired) electrons. The molecule has 0 fully saturated rings. The third-order valence-electron chi connectivity index (χ3n) is 2.41. The number of hydrogen-bond donors (Lipinski definition) is 0. The van der Waals surface area contributed by atoms with Crippen LogP contribution in [0, 0.1) is 0 Å². The molecule has 1 aromatic rings. The van der Waals surface area contributed by atoms with Gasteiger partial charge >= 0.3 is 5.97 Å². The zero-order chi connectivity index (χ0) is 14.4. The van der Waals surface area contributed by atoms with Gasteiger partial charge in [-0.2, -0.15) is 0 Å². The lowest BCUT2D eigenvalue weighted by molar-refractivity contribution is -0.137. The highest BCUT2D eigenvalue weighted by atomic mass is 32.2. The fourth-order valence-electron chi connectivity index (χ4n) is 1.59. The Morgan fingerprint density at radius 1 is 1.16 bits per heavy atom. The molecule has 1 rings (SSSR count). The Balaban J connectivity index is 3.28. The highest BCUT2D eigenvalue weighted by Crippen LogP contribution is 2.39. The van der Waals surface area contributed by atoms with Crippen LogP contribution < -0.4 is 9.47 Å². The van der Waals surface area contributed by atoms with E-state index in [1.807, 2.05) is 6.26 Å². The van der Waals surface area contributed by atoms with Gasteiger partial charge in [-0.05, 0) is 25.3 Å². The number of ether oxygens (including phenoxy) is 3. The van der Waals surface area contributed by atoms with E-state index in [2.05, 4.69) is 0 Å². The average Bonchev–Trinajstić information content (AvgIpc) is 2.44. The minimum absolute atomic E-state index is 0.135. The van der Waals surface area contributed by atoms with E-state index in [0.29, 0.717) is 5.75 Å². The molecule has 19 heavy (non-hydrogen) atoms. The van der Waals surface area contributed by atoms with Gasteiger partial charge < -0.3 is 14.2 Å². The Bertz CT molecular complexity index is 484. The van der Waals surface area contributed by atoms with Crippen LogP contribution in [-0.2, 0) is 9.53 Å². The van der Waals surface area contributed by atoms with Crippen molar-refractivity contribution in [3.63, 3.8) is 0 Å². The Labute approximate surface area is 116 Å². The number of benzene rings is 1. The second-order valence-electron chi connectivity index (χ2n) is 3.43. The van der Waals surface area contributed by atoms with E-state index in [1.165, 1.54) is 32.0 Å². The second kappa shape index (κ2) is 7.04. The molecule has 0 aliphatic rings. The summed E-state index contributed by atoms with van der Waals surface area (Å²) in [6, 6.07) is 3.24. The van der Waals surface area contributed by atoms with Gasteiger partial charge in [0.1, 0.15) is 0 Å². The molecule has 0 spiro atoms. The molecular weight excluding hydrogens is 268 g/mol. The highest BCUT2D eigenvalue weighted by molar-refractivity contribution is 7.98. The van der Waals surface area contributed by atoms with Crippen molar-refractivity contribution in [2.75, 3.05) is 27.1 Å². The van der Waals surface area contributed by atoms with Crippen molar-refractivity contribution in [3.8, 4) is 11.5 Å². The molecule has 0 bridgehead atoms. The van der Waals surface area contributed by atoms with Crippen LogP contribution in [0.3, 0.4) is 0 Å². The van der Waals surface area contributed by atoms with E-state index in [1.54, 1.807) is 13.0 Å². The molecule has 104 valence electrons. The maximum Gasteiger partial charge on any atom is 0.379 e. The Kier molecular flexibility index (Phi) is 5.69. The number of carbonyl (C=O) groups is 2. The summed E-state index contributed by atoms with van der Waals surface area (Å²) < 4.78 is 15.1. The molecular formula is C13H16O5S. The number of ketones is 1. The van der Waals surface area contributed by atoms with Gasteiger partial charge in [-0.25, -0.2) is 4.79 Å². The molecule has 0 aromatic heterocycles. The second-order valence-corrected chi connectivity index (χ2v) is 4.28. The summed E-state index contributed by atoms with van der Waals surface area (Å²) >= 11 is 1.46. The van der Waals surface area contributed by atoms with Gasteiger partial charge in [0, 0.05) is 0 Å². The third kappa shape index (κ3) is 3.20. The molecule has 6 heteroatoms. The summed E-state index contributed by atoms with van der Waals surface area (Å²) in [5.74, 6) is -0.970. The predicted octanol–water partition coefficient (Wildman–Crippen LogP) is 2.17. The van der Waals surface area contributed by atoms with E-state index in [4.69, 9.17) is 14.2 Å². The first-order valence-corrected chi connectivity index (χ1v) is 6.83. The Morgan fingerprint density at radius 3 is 2.26 bits per heavy atom. The molecule has 0 heterocycles. The van der Waals surface area contributed by atoms with E-state index in [-0.39, 0.29) is 17.9 Å². The number of thioether (sulfide) groups is 1. The van der Waals surface area contributed by atoms with Crippen molar-refractivity contribution in [3.05, 3.63) is 17.7 Å². The number of hydrogen-bond acceptors (Lipinski definition) is 6. The zero-order valence-corrected chi connectivity index (χ0v) is 12.1. The van der Waals surface area contributed by atoms with Crippen molar-refractivity contribution < 1.29 is 23.8 Å². The van der Waals surface area contributed by atoms with Crippen LogP contribution in [-0.4, -0.2) is 38.8 Å². The van der Waals surface area contributed by atoms with Crippen LogP contribution in [0.25, 0.3) is 0 Å². The largest absolute Gasteiger partial charge is 0.492 e. The summed E-state index contributed by atoms with van der Waals surface area (Å²) in [5.41, 5.74) is 0.135. The molecule has 0 saturated heterocycles. The Morgan fingerprint density at radius 2 is 1.79 bits per heavy atom. The van der Waals surface area contributed by atoms with Crippen molar-refractivity contribution in [1.29, 1.82) is 0 Å². The van der Waals surface area contributed by atoms with Crippen LogP contribution >= 0.6 is 11.8 Å². The van der Waals surface area contributed by atoms with E-state index < -0.39 is 11.8 Å². The first-order valence-electron chi connectivity index (χ1n) is 5.61. The average molecular weight is 284 g/mol. The lowest BCUT2D eigenvalue weighted by Gasteiger charge is -2.14. The number of Topliss-reactive ketones (excluding diaryl/α,β-unsaturated/α-hetero) is 1. The fourth-order valence-corrected chi connectivity index (χ4v) is 2.15. The molecule has 0 aliphatic heterocycles. The predicted molar refractivity (Wildman–Crippen MR) is 72.3 cm³/mol. The normalized spacial score (nSPS) is 9.89. The zero-order valence-electron chi connectivity index (χ0n) is 11.3. The smallest absolute Gasteiger partial charge is 0.379 e. The lowest BCUT2D eigenvalue weighted by atomic mass is 10.1. The van der Waals surface area contributed by atoms with Gasteiger partial charge in [-0.1, -0.05) is 0 Å². The highest BCUT2D eigenvalue weighted by Gasteiger charge is 2.25. The van der Waals surface area contributed by atoms with Crippen LogP contribution in [0.1, 0.15) is 17.3 Å². The summed E-state index contributed by atoms with van der Waals surface area (Å²) in [6.07, 6.45) is 1.88. The van der Waals surface area contributed by atoms with Gasteiger partial charge in [0.05, 0.1) is 31.3 Å². The summed E-state index contributed by atoms with van der Waals surface area (Å²) in [6.45, 7) is 1.78. The molecule has 5 nitrogen and oxygen atoms in total. The molecule has 0 atom stereocenters. The van der Waals surface area contributed by atoms with Crippen LogP contribution in [0.15, 0.2) is 17.0 Å².